The van der Waals surface area contributed by atoms with Crippen molar-refractivity contribution in [2.24, 2.45) is 0 Å². The van der Waals surface area contributed by atoms with E-state index in [-0.39, 0.29) is 24.8 Å². The maximum atomic E-state index is 13.7. The molecule has 3 aromatic rings. The minimum absolute atomic E-state index is 0.0696. The molecule has 0 aliphatic heterocycles. The van der Waals surface area contributed by atoms with E-state index < -0.39 is 5.97 Å². The lowest BCUT2D eigenvalue weighted by Gasteiger charge is -2.24. The second kappa shape index (κ2) is 12.9. The number of nitrogens with one attached hydrogen (secondary N) is 1. The van der Waals surface area contributed by atoms with Gasteiger partial charge in [0.1, 0.15) is 5.75 Å². The lowest BCUT2D eigenvalue weighted by molar-refractivity contribution is -0.137. The molecular formula is C29H30N2O5. The van der Waals surface area contributed by atoms with Gasteiger partial charge < -0.3 is 20.1 Å². The van der Waals surface area contributed by atoms with Crippen LogP contribution in [-0.2, 0) is 11.2 Å². The van der Waals surface area contributed by atoms with Gasteiger partial charge in [-0.25, -0.2) is 0 Å². The summed E-state index contributed by atoms with van der Waals surface area (Å²) < 4.78 is 5.20. The normalized spacial score (nSPS) is 10.4. The Labute approximate surface area is 211 Å². The molecule has 0 bridgehead atoms. The van der Waals surface area contributed by atoms with Crippen LogP contribution in [0.1, 0.15) is 32.7 Å². The smallest absolute Gasteiger partial charge is 0.305 e. The minimum Gasteiger partial charge on any atom is -0.497 e. The van der Waals surface area contributed by atoms with Crippen molar-refractivity contribution in [1.82, 2.24) is 10.2 Å². The SMILES string of the molecule is C=CCNC(=O)c1ccccc1-c1ccccc1C(=O)N(CCC(=O)O)CCc1ccc(OC)cc1. The van der Waals surface area contributed by atoms with E-state index in [1.165, 1.54) is 0 Å². The number of methoxy groups -OCH3 is 1. The summed E-state index contributed by atoms with van der Waals surface area (Å²) in [7, 11) is 1.60. The third kappa shape index (κ3) is 6.82. The molecule has 0 radical (unpaired) electrons. The fraction of sp³-hybridized carbons (Fsp3) is 0.207. The van der Waals surface area contributed by atoms with Crippen LogP contribution in [0, 0.1) is 0 Å². The first kappa shape index (κ1) is 26.2. The quantitative estimate of drug-likeness (QED) is 0.369. The number of carbonyl (C=O) groups excluding carboxylic acids is 2. The van der Waals surface area contributed by atoms with Crippen LogP contribution in [0.5, 0.6) is 5.75 Å². The highest BCUT2D eigenvalue weighted by molar-refractivity contribution is 6.06. The highest BCUT2D eigenvalue weighted by Crippen LogP contribution is 2.28. The van der Waals surface area contributed by atoms with Crippen LogP contribution in [0.4, 0.5) is 0 Å². The van der Waals surface area contributed by atoms with Gasteiger partial charge in [0.15, 0.2) is 0 Å². The van der Waals surface area contributed by atoms with Crippen LogP contribution >= 0.6 is 0 Å². The third-order valence-corrected chi connectivity index (χ3v) is 5.74. The van der Waals surface area contributed by atoms with Gasteiger partial charge in [0.05, 0.1) is 13.5 Å². The van der Waals surface area contributed by atoms with Crippen molar-refractivity contribution in [2.45, 2.75) is 12.8 Å². The zero-order chi connectivity index (χ0) is 25.9. The van der Waals surface area contributed by atoms with E-state index in [0.717, 1.165) is 11.3 Å². The van der Waals surface area contributed by atoms with E-state index in [2.05, 4.69) is 11.9 Å². The van der Waals surface area contributed by atoms with Crippen molar-refractivity contribution in [3.05, 3.63) is 102 Å². The van der Waals surface area contributed by atoms with E-state index in [1.54, 1.807) is 54.5 Å². The first-order chi connectivity index (χ1) is 17.4. The van der Waals surface area contributed by atoms with Crippen molar-refractivity contribution < 1.29 is 24.2 Å². The van der Waals surface area contributed by atoms with E-state index in [0.29, 0.717) is 41.8 Å². The standard InChI is InChI=1S/C29H30N2O5/c1-3-18-30-28(34)25-10-6-4-8-23(25)24-9-5-7-11-26(24)29(35)31(20-17-27(32)33)19-16-21-12-14-22(36-2)15-13-21/h3-15H,1,16-20H2,2H3,(H,30,34)(H,32,33). The predicted octanol–water partition coefficient (Wildman–Crippen LogP) is 4.44. The highest BCUT2D eigenvalue weighted by Gasteiger charge is 2.22. The molecule has 0 fully saturated rings. The molecule has 0 heterocycles. The molecule has 0 saturated carbocycles. The number of carboxylic acids is 1. The largest absolute Gasteiger partial charge is 0.497 e. The minimum atomic E-state index is -0.977. The summed E-state index contributed by atoms with van der Waals surface area (Å²) in [5.74, 6) is -0.797. The molecule has 2 N–H and O–H groups in total. The molecular weight excluding hydrogens is 456 g/mol. The number of carbonyl (C=O) groups is 3. The van der Waals surface area contributed by atoms with Crippen LogP contribution in [0.25, 0.3) is 11.1 Å². The van der Waals surface area contributed by atoms with Gasteiger partial charge in [0.25, 0.3) is 11.8 Å². The number of aliphatic carboxylic acids is 1. The highest BCUT2D eigenvalue weighted by atomic mass is 16.5. The Kier molecular flexibility index (Phi) is 9.40. The third-order valence-electron chi connectivity index (χ3n) is 5.74. The predicted molar refractivity (Wildman–Crippen MR) is 139 cm³/mol. The van der Waals surface area contributed by atoms with Crippen LogP contribution in [0.15, 0.2) is 85.5 Å². The summed E-state index contributed by atoms with van der Waals surface area (Å²) in [6.45, 7) is 4.36. The zero-order valence-corrected chi connectivity index (χ0v) is 20.3. The summed E-state index contributed by atoms with van der Waals surface area (Å²) in [6, 6.07) is 21.7. The number of amides is 2. The number of ether oxygens (including phenoxy) is 1. The molecule has 0 aliphatic carbocycles. The number of carboxylic acid groups (broad SMARTS) is 1. The van der Waals surface area contributed by atoms with Gasteiger partial charge in [-0.1, -0.05) is 54.6 Å². The molecule has 0 aromatic heterocycles. The Balaban J connectivity index is 1.92. The lowest BCUT2D eigenvalue weighted by Crippen LogP contribution is -2.35. The molecule has 0 unspecified atom stereocenters. The molecule has 7 heteroatoms. The Morgan fingerprint density at radius 3 is 2.14 bits per heavy atom. The molecule has 36 heavy (non-hydrogen) atoms. The molecule has 3 rings (SSSR count). The fourth-order valence-electron chi connectivity index (χ4n) is 3.85. The van der Waals surface area contributed by atoms with E-state index in [4.69, 9.17) is 4.74 Å². The number of hydrogen-bond donors (Lipinski definition) is 2. The summed E-state index contributed by atoms with van der Waals surface area (Å²) in [5, 5.41) is 12.0. The van der Waals surface area contributed by atoms with Crippen molar-refractivity contribution in [3.8, 4) is 16.9 Å². The first-order valence-electron chi connectivity index (χ1n) is 11.7. The van der Waals surface area contributed by atoms with Crippen molar-refractivity contribution >= 4 is 17.8 Å². The lowest BCUT2D eigenvalue weighted by atomic mass is 9.94. The molecule has 2 amide bonds. The van der Waals surface area contributed by atoms with Gasteiger partial charge in [-0.15, -0.1) is 6.58 Å². The topological polar surface area (TPSA) is 95.9 Å². The van der Waals surface area contributed by atoms with Gasteiger partial charge in [0.2, 0.25) is 0 Å². The molecule has 7 nitrogen and oxygen atoms in total. The van der Waals surface area contributed by atoms with Crippen molar-refractivity contribution in [2.75, 3.05) is 26.7 Å². The number of rotatable bonds is 12. The zero-order valence-electron chi connectivity index (χ0n) is 20.3. The molecule has 0 saturated heterocycles. The summed E-state index contributed by atoms with van der Waals surface area (Å²) in [5.41, 5.74) is 3.07. The Bertz CT molecular complexity index is 1220. The molecule has 0 spiro atoms. The summed E-state index contributed by atoms with van der Waals surface area (Å²) in [4.78, 5) is 39.3. The van der Waals surface area contributed by atoms with Crippen LogP contribution < -0.4 is 10.1 Å². The number of hydrogen-bond acceptors (Lipinski definition) is 4. The average Bonchev–Trinajstić information content (AvgIpc) is 2.91. The van der Waals surface area contributed by atoms with E-state index in [1.807, 2.05) is 36.4 Å². The first-order valence-corrected chi connectivity index (χ1v) is 11.7. The average molecular weight is 487 g/mol. The van der Waals surface area contributed by atoms with Crippen LogP contribution in [0.3, 0.4) is 0 Å². The maximum absolute atomic E-state index is 13.7. The van der Waals surface area contributed by atoms with Crippen LogP contribution in [-0.4, -0.2) is 54.5 Å². The van der Waals surface area contributed by atoms with Crippen molar-refractivity contribution in [1.29, 1.82) is 0 Å². The molecule has 0 atom stereocenters. The Hall–Kier alpha value is -4.39. The number of nitrogens with zero attached hydrogens (tertiary/aromatic N) is 1. The second-order valence-electron chi connectivity index (χ2n) is 8.12. The van der Waals surface area contributed by atoms with Gasteiger partial charge in [0, 0.05) is 30.8 Å². The van der Waals surface area contributed by atoms with Gasteiger partial charge in [-0.2, -0.15) is 0 Å². The summed E-state index contributed by atoms with van der Waals surface area (Å²) >= 11 is 0. The van der Waals surface area contributed by atoms with E-state index in [9.17, 15) is 19.5 Å². The molecule has 186 valence electrons. The Morgan fingerprint density at radius 2 is 1.53 bits per heavy atom. The summed E-state index contributed by atoms with van der Waals surface area (Å²) in [6.07, 6.45) is 1.98. The van der Waals surface area contributed by atoms with E-state index >= 15 is 0 Å². The van der Waals surface area contributed by atoms with Crippen molar-refractivity contribution in [3.63, 3.8) is 0 Å². The second-order valence-corrected chi connectivity index (χ2v) is 8.12. The molecule has 3 aromatic carbocycles. The maximum Gasteiger partial charge on any atom is 0.305 e. The van der Waals surface area contributed by atoms with Gasteiger partial charge in [-0.3, -0.25) is 14.4 Å². The molecule has 0 aliphatic rings. The van der Waals surface area contributed by atoms with Crippen LogP contribution in [0.2, 0.25) is 0 Å². The Morgan fingerprint density at radius 1 is 0.917 bits per heavy atom. The van der Waals surface area contributed by atoms with Gasteiger partial charge >= 0.3 is 5.97 Å². The van der Waals surface area contributed by atoms with Gasteiger partial charge in [-0.05, 0) is 47.4 Å². The monoisotopic (exact) mass is 486 g/mol. The fourth-order valence-corrected chi connectivity index (χ4v) is 3.85. The number of benzene rings is 3.